The molecule has 2 aliphatic rings. The maximum Gasteiger partial charge on any atom is 0.0562 e. The van der Waals surface area contributed by atoms with Crippen LogP contribution in [-0.2, 0) is 0 Å². The molecule has 506 valence electrons. The molecule has 0 spiro atoms. The number of fused-ring (bicyclic) bond motifs is 26. The van der Waals surface area contributed by atoms with Crippen molar-refractivity contribution in [2.24, 2.45) is 0 Å². The fraction of sp³-hybridized carbons (Fsp3) is 0. The standard InChI is InChI=1S/C104H60N6/c1-3-23-65(24-4-1)107-87-35-11-7-27-71(87)83-57-84-73-49-39-63(55-93(73)110(98(84)60-97(83)107)70-47-43-68(44-48-70)106-90-38-14-10-30-80(90)104-92(106)54-52-78-76-32-16-20-62-22-18-34-82(100(62)76)102(78)104)64-40-50-74-86-59-95-85(58-96(86)109(94(74)56-64)66-25-5-2-6-26-66)72-28-8-12-36-88(72)108(95)69-45-41-67(42-46-69)105-89-37-13-9-29-79(89)103-91(105)53-51-77-75-31-15-19-61-21-17-33-81(99(61)75)101(77)103/h1-60H. The normalized spacial score (nSPS) is 12.5. The Bertz CT molecular complexity index is 8230. The molecule has 0 N–H and O–H groups in total. The summed E-state index contributed by atoms with van der Waals surface area (Å²) in [5, 5.41) is 20.1. The topological polar surface area (TPSA) is 29.6 Å². The first-order valence-electron chi connectivity index (χ1n) is 38.1. The zero-order chi connectivity index (χ0) is 71.3. The van der Waals surface area contributed by atoms with Gasteiger partial charge in [0.1, 0.15) is 0 Å². The molecule has 0 amide bonds. The Kier molecular flexibility index (Phi) is 11.4. The summed E-state index contributed by atoms with van der Waals surface area (Å²) in [7, 11) is 0. The first-order valence-corrected chi connectivity index (χ1v) is 38.1. The van der Waals surface area contributed by atoms with Gasteiger partial charge in [-0.15, -0.1) is 0 Å². The van der Waals surface area contributed by atoms with E-state index >= 15 is 0 Å². The molecule has 0 radical (unpaired) electrons. The summed E-state index contributed by atoms with van der Waals surface area (Å²) in [6, 6.07) is 137. The van der Waals surface area contributed by atoms with Crippen molar-refractivity contribution in [3.8, 4) is 89.8 Å². The lowest BCUT2D eigenvalue weighted by molar-refractivity contribution is 1.14. The number of nitrogens with zero attached hydrogens (tertiary/aromatic N) is 6. The van der Waals surface area contributed by atoms with E-state index in [4.69, 9.17) is 0 Å². The SMILES string of the molecule is c1ccc(-n2c3cc(-c4ccc5c6cc7c8ccccc8n(-c8ccccc8)c7cc6n(-c6ccc(-n7c8ccccc8c8c9c(ccc87)-c7cccc8cccc-9c78)cc6)c5c4)ccc3c3cc4c(cc32)c2ccccc2n4-c2ccc(-n3c4ccccc4c4c5c(ccc43)-c3cccc4cccc-5c34)cc2)cc1. The molecule has 0 aliphatic heterocycles. The molecule has 0 saturated heterocycles. The van der Waals surface area contributed by atoms with Crippen molar-refractivity contribution in [3.63, 3.8) is 0 Å². The van der Waals surface area contributed by atoms with Crippen LogP contribution in [0.5, 0.6) is 0 Å². The number of benzene rings is 18. The van der Waals surface area contributed by atoms with E-state index in [9.17, 15) is 0 Å². The van der Waals surface area contributed by atoms with Crippen LogP contribution in [0.1, 0.15) is 0 Å². The molecule has 24 aromatic rings. The van der Waals surface area contributed by atoms with E-state index in [1.165, 1.54) is 175 Å². The van der Waals surface area contributed by atoms with Crippen LogP contribution < -0.4 is 0 Å². The lowest BCUT2D eigenvalue weighted by atomic mass is 9.98. The van der Waals surface area contributed by atoms with Crippen LogP contribution >= 0.6 is 0 Å². The molecular formula is C104H60N6. The molecular weight excluding hydrogens is 1330 g/mol. The van der Waals surface area contributed by atoms with Gasteiger partial charge in [0.15, 0.2) is 0 Å². The van der Waals surface area contributed by atoms with Gasteiger partial charge in [0.25, 0.3) is 0 Å². The van der Waals surface area contributed by atoms with Crippen LogP contribution in [-0.4, -0.2) is 27.4 Å². The van der Waals surface area contributed by atoms with Crippen LogP contribution in [0.25, 0.3) is 242 Å². The number of hydrogen-bond acceptors (Lipinski definition) is 0. The van der Waals surface area contributed by atoms with Crippen LogP contribution in [0.4, 0.5) is 0 Å². The van der Waals surface area contributed by atoms with Gasteiger partial charge in [-0.3, -0.25) is 0 Å². The highest BCUT2D eigenvalue weighted by Crippen LogP contribution is 2.55. The second-order valence-electron chi connectivity index (χ2n) is 30.2. The number of para-hydroxylation sites is 6. The molecule has 26 rings (SSSR count). The minimum atomic E-state index is 1.09. The fourth-order valence-corrected chi connectivity index (χ4v) is 20.3. The Labute approximate surface area is 629 Å². The summed E-state index contributed by atoms with van der Waals surface area (Å²) >= 11 is 0. The minimum Gasteiger partial charge on any atom is -0.309 e. The Morgan fingerprint density at radius 2 is 0.436 bits per heavy atom. The predicted octanol–water partition coefficient (Wildman–Crippen LogP) is 27.5. The van der Waals surface area contributed by atoms with Crippen molar-refractivity contribution in [3.05, 3.63) is 364 Å². The molecule has 6 aromatic heterocycles. The molecule has 6 nitrogen and oxygen atoms in total. The molecule has 0 unspecified atom stereocenters. The van der Waals surface area contributed by atoms with Gasteiger partial charge in [0.2, 0.25) is 0 Å². The highest BCUT2D eigenvalue weighted by Gasteiger charge is 2.30. The summed E-state index contributed by atoms with van der Waals surface area (Å²) < 4.78 is 14.9. The van der Waals surface area contributed by atoms with E-state index in [-0.39, 0.29) is 0 Å². The van der Waals surface area contributed by atoms with Crippen molar-refractivity contribution in [2.45, 2.75) is 0 Å². The van der Waals surface area contributed by atoms with Crippen LogP contribution in [0.3, 0.4) is 0 Å². The first kappa shape index (κ1) is 58.5. The quantitative estimate of drug-likeness (QED) is 0.152. The van der Waals surface area contributed by atoms with Gasteiger partial charge in [-0.25, -0.2) is 0 Å². The van der Waals surface area contributed by atoms with Gasteiger partial charge < -0.3 is 27.4 Å². The van der Waals surface area contributed by atoms with Crippen LogP contribution in [0.2, 0.25) is 0 Å². The monoisotopic (exact) mass is 1390 g/mol. The molecule has 6 heteroatoms. The third-order valence-electron chi connectivity index (χ3n) is 24.8. The third-order valence-corrected chi connectivity index (χ3v) is 24.8. The van der Waals surface area contributed by atoms with Crippen molar-refractivity contribution < 1.29 is 0 Å². The Morgan fingerprint density at radius 1 is 0.136 bits per heavy atom. The fourth-order valence-electron chi connectivity index (χ4n) is 20.3. The number of rotatable bonds is 7. The summed E-state index contributed by atoms with van der Waals surface area (Å²) in [6.45, 7) is 0. The molecule has 0 bridgehead atoms. The summed E-state index contributed by atoms with van der Waals surface area (Å²) in [5.74, 6) is 0. The average Bonchev–Trinajstić information content (AvgIpc) is 1.55. The second kappa shape index (κ2) is 21.5. The van der Waals surface area contributed by atoms with Gasteiger partial charge in [0.05, 0.1) is 66.2 Å². The van der Waals surface area contributed by atoms with E-state index in [2.05, 4.69) is 391 Å². The molecule has 0 fully saturated rings. The summed E-state index contributed by atoms with van der Waals surface area (Å²) in [5.41, 5.74) is 33.6. The molecule has 0 atom stereocenters. The Hall–Kier alpha value is -14.7. The van der Waals surface area contributed by atoms with E-state index in [1.54, 1.807) is 0 Å². The van der Waals surface area contributed by atoms with E-state index < -0.39 is 0 Å². The van der Waals surface area contributed by atoms with Crippen LogP contribution in [0, 0.1) is 0 Å². The van der Waals surface area contributed by atoms with Gasteiger partial charge in [0, 0.05) is 110 Å². The maximum atomic E-state index is 2.52. The molecule has 18 aromatic carbocycles. The molecule has 110 heavy (non-hydrogen) atoms. The number of hydrogen-bond donors (Lipinski definition) is 0. The summed E-state index contributed by atoms with van der Waals surface area (Å²) in [6.07, 6.45) is 0. The Balaban J connectivity index is 0.643. The second-order valence-corrected chi connectivity index (χ2v) is 30.2. The largest absolute Gasteiger partial charge is 0.309 e. The smallest absolute Gasteiger partial charge is 0.0562 e. The van der Waals surface area contributed by atoms with Crippen molar-refractivity contribution in [1.29, 1.82) is 0 Å². The zero-order valence-corrected chi connectivity index (χ0v) is 59.3. The highest BCUT2D eigenvalue weighted by atomic mass is 15.0. The zero-order valence-electron chi connectivity index (χ0n) is 59.3. The number of aromatic nitrogens is 6. The van der Waals surface area contributed by atoms with Gasteiger partial charge in [-0.05, 0) is 212 Å². The van der Waals surface area contributed by atoms with Crippen molar-refractivity contribution in [1.82, 2.24) is 27.4 Å². The lowest BCUT2D eigenvalue weighted by Crippen LogP contribution is -1.98. The van der Waals surface area contributed by atoms with E-state index in [0.717, 1.165) is 67.3 Å². The van der Waals surface area contributed by atoms with Crippen molar-refractivity contribution >= 4 is 152 Å². The predicted molar refractivity (Wildman–Crippen MR) is 462 cm³/mol. The maximum absolute atomic E-state index is 2.52. The lowest BCUT2D eigenvalue weighted by Gasteiger charge is -2.13. The molecule has 6 heterocycles. The summed E-state index contributed by atoms with van der Waals surface area (Å²) in [4.78, 5) is 0. The Morgan fingerprint density at radius 3 is 0.845 bits per heavy atom. The first-order chi connectivity index (χ1) is 54.6. The van der Waals surface area contributed by atoms with Gasteiger partial charge in [-0.1, -0.05) is 218 Å². The van der Waals surface area contributed by atoms with Gasteiger partial charge >= 0.3 is 0 Å². The van der Waals surface area contributed by atoms with E-state index in [0.29, 0.717) is 0 Å². The van der Waals surface area contributed by atoms with Crippen LogP contribution in [0.15, 0.2) is 364 Å². The third kappa shape index (κ3) is 7.70. The molecule has 0 saturated carbocycles. The highest BCUT2D eigenvalue weighted by molar-refractivity contribution is 6.29. The minimum absolute atomic E-state index is 1.09. The van der Waals surface area contributed by atoms with E-state index in [1.807, 2.05) is 0 Å². The van der Waals surface area contributed by atoms with Crippen molar-refractivity contribution in [2.75, 3.05) is 0 Å². The molecule has 2 aliphatic carbocycles. The average molecular weight is 1390 g/mol. The van der Waals surface area contributed by atoms with Gasteiger partial charge in [-0.2, -0.15) is 0 Å².